The molecule has 0 aliphatic carbocycles. The van der Waals surface area contributed by atoms with Crippen LogP contribution in [0.2, 0.25) is 0 Å². The first-order valence-electron chi connectivity index (χ1n) is 9.44. The summed E-state index contributed by atoms with van der Waals surface area (Å²) in [5, 5.41) is 4.68. The van der Waals surface area contributed by atoms with E-state index >= 15 is 0 Å². The van der Waals surface area contributed by atoms with E-state index in [1.165, 1.54) is 30.5 Å². The second-order valence-corrected chi connectivity index (χ2v) is 7.18. The molecule has 0 radical (unpaired) electrons. The molecule has 1 aliphatic rings. The molecule has 6 heteroatoms. The number of fused-ring (bicyclic) bond motifs is 1. The average molecular weight is 364 g/mol. The molecule has 0 spiro atoms. The molecule has 1 fully saturated rings. The van der Waals surface area contributed by atoms with Gasteiger partial charge in [-0.05, 0) is 43.9 Å². The highest BCUT2D eigenvalue weighted by molar-refractivity contribution is 5.96. The second kappa shape index (κ2) is 7.39. The van der Waals surface area contributed by atoms with E-state index in [9.17, 15) is 4.79 Å². The molecule has 0 N–H and O–H groups in total. The molecule has 4 rings (SSSR count). The molecule has 3 aromatic rings. The third-order valence-electron chi connectivity index (χ3n) is 5.20. The van der Waals surface area contributed by atoms with Crippen molar-refractivity contribution in [2.24, 2.45) is 0 Å². The summed E-state index contributed by atoms with van der Waals surface area (Å²) in [5.41, 5.74) is 4.16. The second-order valence-electron chi connectivity index (χ2n) is 7.18. The summed E-state index contributed by atoms with van der Waals surface area (Å²) < 4.78 is 5.13. The predicted octanol–water partition coefficient (Wildman–Crippen LogP) is 3.79. The van der Waals surface area contributed by atoms with Gasteiger partial charge < -0.3 is 14.3 Å². The molecule has 1 aromatic carbocycles. The number of anilines is 1. The first-order chi connectivity index (χ1) is 13.1. The maximum absolute atomic E-state index is 12.9. The molecule has 140 valence electrons. The number of carbonyl (C=O) groups is 1. The molecule has 0 unspecified atom stereocenters. The summed E-state index contributed by atoms with van der Waals surface area (Å²) in [6, 6.07) is 10.2. The zero-order chi connectivity index (χ0) is 18.8. The number of nitrogens with zero attached hydrogens (tertiary/aromatic N) is 4. The Morgan fingerprint density at radius 3 is 2.81 bits per heavy atom. The van der Waals surface area contributed by atoms with Crippen LogP contribution in [0.4, 0.5) is 5.69 Å². The monoisotopic (exact) mass is 364 g/mol. The van der Waals surface area contributed by atoms with Crippen molar-refractivity contribution in [1.29, 1.82) is 0 Å². The molecule has 0 atom stereocenters. The van der Waals surface area contributed by atoms with Gasteiger partial charge in [0, 0.05) is 38.6 Å². The van der Waals surface area contributed by atoms with E-state index in [4.69, 9.17) is 4.52 Å². The van der Waals surface area contributed by atoms with Crippen molar-refractivity contribution in [1.82, 2.24) is 15.0 Å². The molecule has 2 aromatic heterocycles. The fourth-order valence-electron chi connectivity index (χ4n) is 3.70. The summed E-state index contributed by atoms with van der Waals surface area (Å²) in [4.78, 5) is 21.3. The van der Waals surface area contributed by atoms with Crippen molar-refractivity contribution in [2.45, 2.75) is 32.7 Å². The van der Waals surface area contributed by atoms with Crippen molar-refractivity contribution in [3.63, 3.8) is 0 Å². The summed E-state index contributed by atoms with van der Waals surface area (Å²) in [6.45, 7) is 4.58. The number of aromatic nitrogens is 2. The zero-order valence-corrected chi connectivity index (χ0v) is 15.8. The molecule has 6 nitrogen and oxygen atoms in total. The van der Waals surface area contributed by atoms with Gasteiger partial charge in [-0.3, -0.25) is 4.79 Å². The highest BCUT2D eigenvalue weighted by Gasteiger charge is 2.19. The van der Waals surface area contributed by atoms with Gasteiger partial charge in [-0.15, -0.1) is 0 Å². The van der Waals surface area contributed by atoms with Gasteiger partial charge in [0.05, 0.1) is 16.6 Å². The van der Waals surface area contributed by atoms with Crippen LogP contribution in [-0.2, 0) is 6.54 Å². The lowest BCUT2D eigenvalue weighted by molar-refractivity contribution is 0.0785. The Morgan fingerprint density at radius 2 is 2.00 bits per heavy atom. The minimum atomic E-state index is -0.0570. The molecule has 1 saturated heterocycles. The SMILES string of the molecule is Cc1noc2ncc(C(=O)N(C)Cc3ccccc3N3CCCCC3)cc12. The molecule has 3 heterocycles. The van der Waals surface area contributed by atoms with Crippen LogP contribution in [0, 0.1) is 6.92 Å². The number of para-hydroxylation sites is 1. The van der Waals surface area contributed by atoms with Crippen molar-refractivity contribution < 1.29 is 9.32 Å². The third kappa shape index (κ3) is 3.52. The first kappa shape index (κ1) is 17.5. The van der Waals surface area contributed by atoms with E-state index in [0.29, 0.717) is 17.8 Å². The van der Waals surface area contributed by atoms with E-state index in [0.717, 1.165) is 24.2 Å². The lowest BCUT2D eigenvalue weighted by Gasteiger charge is -2.31. The number of hydrogen-bond acceptors (Lipinski definition) is 5. The van der Waals surface area contributed by atoms with Crippen molar-refractivity contribution >= 4 is 22.7 Å². The molecule has 1 aliphatic heterocycles. The number of hydrogen-bond donors (Lipinski definition) is 0. The Balaban J connectivity index is 1.55. The van der Waals surface area contributed by atoms with E-state index < -0.39 is 0 Å². The van der Waals surface area contributed by atoms with Gasteiger partial charge in [-0.1, -0.05) is 23.4 Å². The summed E-state index contributed by atoms with van der Waals surface area (Å²) in [7, 11) is 1.83. The number of aryl methyl sites for hydroxylation is 1. The smallest absolute Gasteiger partial charge is 0.257 e. The predicted molar refractivity (Wildman–Crippen MR) is 105 cm³/mol. The summed E-state index contributed by atoms with van der Waals surface area (Å²) in [6.07, 6.45) is 5.32. The number of carbonyl (C=O) groups excluding carboxylic acids is 1. The van der Waals surface area contributed by atoms with Gasteiger partial charge >= 0.3 is 0 Å². The standard InChI is InChI=1S/C21H24N4O2/c1-15-18-12-17(13-22-20(18)27-23-15)21(26)24(2)14-16-8-4-5-9-19(16)25-10-6-3-7-11-25/h4-5,8-9,12-13H,3,6-7,10-11,14H2,1-2H3. The lowest BCUT2D eigenvalue weighted by Crippen LogP contribution is -2.32. The van der Waals surface area contributed by atoms with Crippen LogP contribution in [0.15, 0.2) is 41.1 Å². The normalized spacial score (nSPS) is 14.5. The number of amides is 1. The van der Waals surface area contributed by atoms with Crippen LogP contribution in [-0.4, -0.2) is 41.1 Å². The van der Waals surface area contributed by atoms with Crippen molar-refractivity contribution in [3.05, 3.63) is 53.3 Å². The van der Waals surface area contributed by atoms with Crippen LogP contribution in [0.1, 0.15) is 40.9 Å². The van der Waals surface area contributed by atoms with Crippen LogP contribution in [0.3, 0.4) is 0 Å². The van der Waals surface area contributed by atoms with Crippen LogP contribution in [0.5, 0.6) is 0 Å². The minimum Gasteiger partial charge on any atom is -0.371 e. The molecule has 0 bridgehead atoms. The Bertz CT molecular complexity index is 960. The molecular weight excluding hydrogens is 340 g/mol. The maximum Gasteiger partial charge on any atom is 0.257 e. The largest absolute Gasteiger partial charge is 0.371 e. The highest BCUT2D eigenvalue weighted by atomic mass is 16.5. The first-order valence-corrected chi connectivity index (χ1v) is 9.44. The van der Waals surface area contributed by atoms with Gasteiger partial charge in [0.25, 0.3) is 11.6 Å². The Morgan fingerprint density at radius 1 is 1.22 bits per heavy atom. The molecule has 27 heavy (non-hydrogen) atoms. The molecular formula is C21H24N4O2. The van der Waals surface area contributed by atoms with E-state index in [2.05, 4.69) is 33.2 Å². The quantitative estimate of drug-likeness (QED) is 0.705. The number of piperidine rings is 1. The fourth-order valence-corrected chi connectivity index (χ4v) is 3.70. The maximum atomic E-state index is 12.9. The average Bonchev–Trinajstić information content (AvgIpc) is 3.09. The Hall–Kier alpha value is -2.89. The Labute approximate surface area is 158 Å². The fraction of sp³-hybridized carbons (Fsp3) is 0.381. The topological polar surface area (TPSA) is 62.5 Å². The third-order valence-corrected chi connectivity index (χ3v) is 5.20. The van der Waals surface area contributed by atoms with E-state index in [1.54, 1.807) is 11.1 Å². The van der Waals surface area contributed by atoms with E-state index in [1.807, 2.05) is 26.1 Å². The van der Waals surface area contributed by atoms with Gasteiger partial charge in [0.15, 0.2) is 0 Å². The van der Waals surface area contributed by atoms with Crippen molar-refractivity contribution in [2.75, 3.05) is 25.0 Å². The minimum absolute atomic E-state index is 0.0570. The van der Waals surface area contributed by atoms with Crippen LogP contribution >= 0.6 is 0 Å². The summed E-state index contributed by atoms with van der Waals surface area (Å²) >= 11 is 0. The van der Waals surface area contributed by atoms with Gasteiger partial charge in [0.1, 0.15) is 0 Å². The van der Waals surface area contributed by atoms with Crippen LogP contribution in [0.25, 0.3) is 11.1 Å². The number of benzene rings is 1. The Kier molecular flexibility index (Phi) is 4.79. The highest BCUT2D eigenvalue weighted by Crippen LogP contribution is 2.25. The number of rotatable bonds is 4. The number of pyridine rings is 1. The lowest BCUT2D eigenvalue weighted by atomic mass is 10.1. The molecule has 1 amide bonds. The zero-order valence-electron chi connectivity index (χ0n) is 15.8. The molecule has 0 saturated carbocycles. The van der Waals surface area contributed by atoms with Gasteiger partial charge in [-0.2, -0.15) is 0 Å². The van der Waals surface area contributed by atoms with E-state index in [-0.39, 0.29) is 5.91 Å². The van der Waals surface area contributed by atoms with Crippen LogP contribution < -0.4 is 4.90 Å². The van der Waals surface area contributed by atoms with Gasteiger partial charge in [-0.25, -0.2) is 4.98 Å². The summed E-state index contributed by atoms with van der Waals surface area (Å²) in [5.74, 6) is -0.0570. The van der Waals surface area contributed by atoms with Crippen molar-refractivity contribution in [3.8, 4) is 0 Å². The van der Waals surface area contributed by atoms with Gasteiger partial charge in [0.2, 0.25) is 0 Å².